The standard InChI is InChI=1S/C15H23ClN4O/c1-2-13(11-21)18-15(17)20-9-7-19(8-10-20)14-5-3-12(16)4-6-14/h3-6,13,21H,2,7-11H2,1H3,(H2,17,18)/t13-/m1/s1. The minimum Gasteiger partial charge on any atom is -0.394 e. The summed E-state index contributed by atoms with van der Waals surface area (Å²) in [4.78, 5) is 8.76. The molecule has 0 radical (unpaired) electrons. The molecular formula is C15H23ClN4O. The Hall–Kier alpha value is -1.46. The predicted molar refractivity (Wildman–Crippen MR) is 88.0 cm³/mol. The first kappa shape index (κ1) is 15.9. The molecule has 21 heavy (non-hydrogen) atoms. The predicted octanol–water partition coefficient (Wildman–Crippen LogP) is 1.55. The Kier molecular flexibility index (Phi) is 5.70. The first-order valence-corrected chi connectivity index (χ1v) is 7.71. The van der Waals surface area contributed by atoms with Crippen LogP contribution in [0.5, 0.6) is 0 Å². The van der Waals surface area contributed by atoms with E-state index in [0.29, 0.717) is 5.96 Å². The second kappa shape index (κ2) is 7.52. The summed E-state index contributed by atoms with van der Waals surface area (Å²) in [6, 6.07) is 7.79. The monoisotopic (exact) mass is 310 g/mol. The Morgan fingerprint density at radius 2 is 1.90 bits per heavy atom. The molecule has 1 aromatic rings. The number of rotatable bonds is 4. The fraction of sp³-hybridized carbons (Fsp3) is 0.533. The van der Waals surface area contributed by atoms with E-state index in [2.05, 4.69) is 14.8 Å². The average molecular weight is 311 g/mol. The molecule has 3 N–H and O–H groups in total. The largest absolute Gasteiger partial charge is 0.394 e. The lowest BCUT2D eigenvalue weighted by Gasteiger charge is -2.36. The molecule has 0 aromatic heterocycles. The van der Waals surface area contributed by atoms with Crippen molar-refractivity contribution in [1.29, 1.82) is 0 Å². The lowest BCUT2D eigenvalue weighted by atomic mass is 10.2. The van der Waals surface area contributed by atoms with Gasteiger partial charge in [-0.2, -0.15) is 0 Å². The zero-order chi connectivity index (χ0) is 15.2. The highest BCUT2D eigenvalue weighted by atomic mass is 35.5. The lowest BCUT2D eigenvalue weighted by molar-refractivity contribution is 0.262. The molecule has 2 rings (SSSR count). The second-order valence-electron chi connectivity index (χ2n) is 5.18. The van der Waals surface area contributed by atoms with Crippen molar-refractivity contribution in [3.05, 3.63) is 29.3 Å². The molecule has 1 heterocycles. The van der Waals surface area contributed by atoms with Crippen LogP contribution < -0.4 is 10.6 Å². The van der Waals surface area contributed by atoms with Gasteiger partial charge in [0, 0.05) is 36.9 Å². The van der Waals surface area contributed by atoms with Crippen molar-refractivity contribution in [1.82, 2.24) is 4.90 Å². The van der Waals surface area contributed by atoms with Crippen molar-refractivity contribution in [2.75, 3.05) is 37.7 Å². The van der Waals surface area contributed by atoms with Gasteiger partial charge in [-0.05, 0) is 30.7 Å². The molecule has 1 aliphatic heterocycles. The van der Waals surface area contributed by atoms with Crippen LogP contribution in [0.25, 0.3) is 0 Å². The van der Waals surface area contributed by atoms with Gasteiger partial charge in [0.1, 0.15) is 0 Å². The van der Waals surface area contributed by atoms with Gasteiger partial charge >= 0.3 is 0 Å². The summed E-state index contributed by atoms with van der Waals surface area (Å²) in [7, 11) is 0. The van der Waals surface area contributed by atoms with Gasteiger partial charge in [0.2, 0.25) is 0 Å². The van der Waals surface area contributed by atoms with Crippen molar-refractivity contribution in [2.45, 2.75) is 19.4 Å². The van der Waals surface area contributed by atoms with E-state index in [0.717, 1.165) is 37.6 Å². The maximum absolute atomic E-state index is 9.19. The van der Waals surface area contributed by atoms with Crippen molar-refractivity contribution in [2.24, 2.45) is 10.7 Å². The number of benzene rings is 1. The zero-order valence-corrected chi connectivity index (χ0v) is 13.1. The number of aliphatic hydroxyl groups is 1. The first-order chi connectivity index (χ1) is 10.1. The number of hydrogen-bond donors (Lipinski definition) is 2. The fourth-order valence-electron chi connectivity index (χ4n) is 2.38. The van der Waals surface area contributed by atoms with Crippen LogP contribution in [0.1, 0.15) is 13.3 Å². The van der Waals surface area contributed by atoms with Gasteiger partial charge in [0.25, 0.3) is 0 Å². The van der Waals surface area contributed by atoms with Crippen molar-refractivity contribution in [3.63, 3.8) is 0 Å². The molecule has 0 unspecified atom stereocenters. The SMILES string of the molecule is CC[C@H](CO)N=C(N)N1CCN(c2ccc(Cl)cc2)CC1. The highest BCUT2D eigenvalue weighted by molar-refractivity contribution is 6.30. The van der Waals surface area contributed by atoms with Gasteiger partial charge in [-0.3, -0.25) is 0 Å². The van der Waals surface area contributed by atoms with E-state index in [4.69, 9.17) is 17.3 Å². The number of piperazine rings is 1. The number of guanidine groups is 1. The molecule has 0 spiro atoms. The second-order valence-corrected chi connectivity index (χ2v) is 5.62. The topological polar surface area (TPSA) is 65.1 Å². The van der Waals surface area contributed by atoms with Crippen LogP contribution in [-0.4, -0.2) is 54.8 Å². The van der Waals surface area contributed by atoms with Gasteiger partial charge in [-0.15, -0.1) is 0 Å². The molecule has 0 amide bonds. The number of halogens is 1. The van der Waals surface area contributed by atoms with E-state index in [9.17, 15) is 5.11 Å². The molecule has 0 saturated carbocycles. The van der Waals surface area contributed by atoms with E-state index in [1.807, 2.05) is 31.2 Å². The van der Waals surface area contributed by atoms with Crippen molar-refractivity contribution >= 4 is 23.2 Å². The molecule has 1 saturated heterocycles. The quantitative estimate of drug-likeness (QED) is 0.654. The number of aliphatic imine (C=N–C) groups is 1. The number of anilines is 1. The van der Waals surface area contributed by atoms with Gasteiger partial charge in [0.15, 0.2) is 5.96 Å². The molecule has 0 bridgehead atoms. The Balaban J connectivity index is 1.92. The molecule has 6 heteroatoms. The van der Waals surface area contributed by atoms with Crippen molar-refractivity contribution in [3.8, 4) is 0 Å². The molecule has 0 aliphatic carbocycles. The molecule has 5 nitrogen and oxygen atoms in total. The van der Waals surface area contributed by atoms with E-state index in [1.165, 1.54) is 5.69 Å². The van der Waals surface area contributed by atoms with Crippen LogP contribution in [0.15, 0.2) is 29.3 Å². The Bertz CT molecular complexity index is 465. The minimum absolute atomic E-state index is 0.0436. The van der Waals surface area contributed by atoms with E-state index >= 15 is 0 Å². The van der Waals surface area contributed by atoms with E-state index < -0.39 is 0 Å². The summed E-state index contributed by atoms with van der Waals surface area (Å²) >= 11 is 5.91. The van der Waals surface area contributed by atoms with Gasteiger partial charge in [-0.25, -0.2) is 4.99 Å². The van der Waals surface area contributed by atoms with Crippen LogP contribution in [0.3, 0.4) is 0 Å². The summed E-state index contributed by atoms with van der Waals surface area (Å²) < 4.78 is 0. The zero-order valence-electron chi connectivity index (χ0n) is 12.4. The molecule has 1 fully saturated rings. The van der Waals surface area contributed by atoms with Crippen LogP contribution >= 0.6 is 11.6 Å². The summed E-state index contributed by atoms with van der Waals surface area (Å²) in [5.74, 6) is 0.534. The maximum Gasteiger partial charge on any atom is 0.191 e. The summed E-state index contributed by atoms with van der Waals surface area (Å²) in [5.41, 5.74) is 7.21. The third-order valence-corrected chi connectivity index (χ3v) is 4.04. The first-order valence-electron chi connectivity index (χ1n) is 7.33. The van der Waals surface area contributed by atoms with Gasteiger partial charge in [-0.1, -0.05) is 18.5 Å². The van der Waals surface area contributed by atoms with E-state index in [-0.39, 0.29) is 12.6 Å². The van der Waals surface area contributed by atoms with Crippen LogP contribution in [-0.2, 0) is 0 Å². The van der Waals surface area contributed by atoms with Gasteiger partial charge < -0.3 is 20.6 Å². The van der Waals surface area contributed by atoms with Crippen LogP contribution in [0.4, 0.5) is 5.69 Å². The number of nitrogens with two attached hydrogens (primary N) is 1. The van der Waals surface area contributed by atoms with Gasteiger partial charge in [0.05, 0.1) is 12.6 Å². The lowest BCUT2D eigenvalue weighted by Crippen LogP contribution is -2.51. The molecule has 116 valence electrons. The fourth-order valence-corrected chi connectivity index (χ4v) is 2.50. The number of nitrogens with zero attached hydrogens (tertiary/aromatic N) is 3. The third-order valence-electron chi connectivity index (χ3n) is 3.79. The van der Waals surface area contributed by atoms with Crippen LogP contribution in [0, 0.1) is 0 Å². The molecule has 1 aromatic carbocycles. The van der Waals surface area contributed by atoms with Crippen molar-refractivity contribution < 1.29 is 5.11 Å². The third kappa shape index (κ3) is 4.25. The molecule has 1 atom stereocenters. The Labute approximate surface area is 131 Å². The Morgan fingerprint density at radius 1 is 1.29 bits per heavy atom. The number of aliphatic hydroxyl groups excluding tert-OH is 1. The summed E-state index contributed by atoms with van der Waals surface area (Å²) in [6.45, 7) is 5.50. The average Bonchev–Trinajstić information content (AvgIpc) is 2.53. The highest BCUT2D eigenvalue weighted by Gasteiger charge is 2.19. The highest BCUT2D eigenvalue weighted by Crippen LogP contribution is 2.19. The molecule has 1 aliphatic rings. The minimum atomic E-state index is -0.0979. The van der Waals surface area contributed by atoms with E-state index in [1.54, 1.807) is 0 Å². The normalized spacial score (nSPS) is 18.0. The van der Waals surface area contributed by atoms with Crippen LogP contribution in [0.2, 0.25) is 5.02 Å². The summed E-state index contributed by atoms with van der Waals surface area (Å²) in [6.07, 6.45) is 0.794. The summed E-state index contributed by atoms with van der Waals surface area (Å²) in [5, 5.41) is 9.94. The smallest absolute Gasteiger partial charge is 0.191 e. The molecular weight excluding hydrogens is 288 g/mol. The maximum atomic E-state index is 9.19. The Morgan fingerprint density at radius 3 is 2.43 bits per heavy atom. The number of hydrogen-bond acceptors (Lipinski definition) is 3.